The van der Waals surface area contributed by atoms with Crippen molar-refractivity contribution in [1.82, 2.24) is 0 Å². The number of alkyl halides is 3. The summed E-state index contributed by atoms with van der Waals surface area (Å²) in [5.74, 6) is -0.552. The highest BCUT2D eigenvalue weighted by Crippen LogP contribution is 2.37. The molecule has 7 heteroatoms. The highest BCUT2D eigenvalue weighted by atomic mass is 79.9. The molecule has 1 aromatic rings. The van der Waals surface area contributed by atoms with E-state index in [1.807, 2.05) is 0 Å². The molecule has 0 aliphatic carbocycles. The summed E-state index contributed by atoms with van der Waals surface area (Å²) in [5, 5.41) is 0. The Morgan fingerprint density at radius 1 is 1.41 bits per heavy atom. The van der Waals surface area contributed by atoms with Crippen LogP contribution in [0.15, 0.2) is 16.6 Å². The van der Waals surface area contributed by atoms with Crippen LogP contribution in [0.25, 0.3) is 0 Å². The monoisotopic (exact) mass is 312 g/mol. The second-order valence-electron chi connectivity index (χ2n) is 2.89. The van der Waals surface area contributed by atoms with Crippen LogP contribution in [0.5, 0.6) is 11.5 Å². The van der Waals surface area contributed by atoms with Gasteiger partial charge in [-0.15, -0.1) is 13.2 Å². The number of carbonyl (C=O) groups excluding carboxylic acids is 1. The number of benzene rings is 1. The van der Waals surface area contributed by atoms with Crippen LogP contribution in [-0.2, 0) is 0 Å². The summed E-state index contributed by atoms with van der Waals surface area (Å²) in [6.07, 6.45) is -4.61. The lowest BCUT2D eigenvalue weighted by molar-refractivity contribution is -0.275. The first-order chi connectivity index (χ1) is 7.89. The predicted molar refractivity (Wildman–Crippen MR) is 57.4 cm³/mol. The third kappa shape index (κ3) is 3.62. The number of halogens is 4. The molecular weight excluding hydrogens is 305 g/mol. The number of carbonyl (C=O) groups is 1. The number of hydrogen-bond donors (Lipinski definition) is 0. The van der Waals surface area contributed by atoms with Crippen LogP contribution in [-0.4, -0.2) is 19.3 Å². The molecular formula is C10H8BrF3O3. The van der Waals surface area contributed by atoms with Gasteiger partial charge in [0.2, 0.25) is 0 Å². The third-order valence-electron chi connectivity index (χ3n) is 1.74. The third-order valence-corrected chi connectivity index (χ3v) is 2.37. The Morgan fingerprint density at radius 3 is 2.53 bits per heavy atom. The van der Waals surface area contributed by atoms with Crippen molar-refractivity contribution in [1.29, 1.82) is 0 Å². The molecule has 3 nitrogen and oxygen atoms in total. The quantitative estimate of drug-likeness (QED) is 0.797. The molecule has 94 valence electrons. The highest BCUT2D eigenvalue weighted by Gasteiger charge is 2.33. The van der Waals surface area contributed by atoms with E-state index in [1.54, 1.807) is 6.92 Å². The molecule has 0 spiro atoms. The van der Waals surface area contributed by atoms with Crippen LogP contribution < -0.4 is 9.47 Å². The molecule has 0 unspecified atom stereocenters. The molecule has 0 atom stereocenters. The van der Waals surface area contributed by atoms with Crippen LogP contribution in [0, 0.1) is 0 Å². The minimum absolute atomic E-state index is 0.0281. The standard InChI is InChI=1S/C10H8BrF3O3/c1-2-16-8-4-3-7(11)9(6(8)5-15)17-10(12,13)14/h3-5H,2H2,1H3. The van der Waals surface area contributed by atoms with Gasteiger partial charge in [0.05, 0.1) is 16.6 Å². The van der Waals surface area contributed by atoms with E-state index in [9.17, 15) is 18.0 Å². The summed E-state index contributed by atoms with van der Waals surface area (Å²) in [6.45, 7) is 1.88. The average molecular weight is 313 g/mol. The number of aldehydes is 1. The Kier molecular flexibility index (Phi) is 4.39. The average Bonchev–Trinajstić information content (AvgIpc) is 2.22. The van der Waals surface area contributed by atoms with Crippen molar-refractivity contribution in [2.75, 3.05) is 6.61 Å². The van der Waals surface area contributed by atoms with Crippen LogP contribution >= 0.6 is 15.9 Å². The molecule has 0 heterocycles. The van der Waals surface area contributed by atoms with Crippen molar-refractivity contribution in [2.24, 2.45) is 0 Å². The lowest BCUT2D eigenvalue weighted by Gasteiger charge is -2.15. The Hall–Kier alpha value is -1.24. The molecule has 1 rings (SSSR count). The van der Waals surface area contributed by atoms with Crippen molar-refractivity contribution >= 4 is 22.2 Å². The van der Waals surface area contributed by atoms with Crippen LogP contribution in [0.1, 0.15) is 17.3 Å². The zero-order valence-corrected chi connectivity index (χ0v) is 10.3. The van der Waals surface area contributed by atoms with Gasteiger partial charge in [-0.1, -0.05) is 0 Å². The summed E-state index contributed by atoms with van der Waals surface area (Å²) in [7, 11) is 0. The summed E-state index contributed by atoms with van der Waals surface area (Å²) in [5.41, 5.74) is -0.279. The largest absolute Gasteiger partial charge is 0.573 e. The maximum absolute atomic E-state index is 12.2. The molecule has 0 saturated carbocycles. The van der Waals surface area contributed by atoms with E-state index >= 15 is 0 Å². The fraction of sp³-hybridized carbons (Fsp3) is 0.300. The fourth-order valence-corrected chi connectivity index (χ4v) is 1.59. The Balaban J connectivity index is 3.25. The molecule has 0 fully saturated rings. The predicted octanol–water partition coefficient (Wildman–Crippen LogP) is 3.56. The van der Waals surface area contributed by atoms with Gasteiger partial charge in [-0.25, -0.2) is 0 Å². The second kappa shape index (κ2) is 5.39. The lowest BCUT2D eigenvalue weighted by Crippen LogP contribution is -2.18. The molecule has 0 amide bonds. The SMILES string of the molecule is CCOc1ccc(Br)c(OC(F)(F)F)c1C=O. The minimum Gasteiger partial charge on any atom is -0.493 e. The molecule has 0 aromatic heterocycles. The van der Waals surface area contributed by atoms with Gasteiger partial charge in [0.1, 0.15) is 5.75 Å². The molecule has 0 aliphatic heterocycles. The van der Waals surface area contributed by atoms with E-state index in [0.717, 1.165) is 0 Å². The maximum Gasteiger partial charge on any atom is 0.573 e. The Morgan fingerprint density at radius 2 is 2.06 bits per heavy atom. The van der Waals surface area contributed by atoms with Crippen molar-refractivity contribution < 1.29 is 27.4 Å². The summed E-state index contributed by atoms with van der Waals surface area (Å²) in [4.78, 5) is 10.8. The summed E-state index contributed by atoms with van der Waals surface area (Å²) < 4.78 is 45.3. The van der Waals surface area contributed by atoms with E-state index < -0.39 is 12.1 Å². The van der Waals surface area contributed by atoms with Gasteiger partial charge < -0.3 is 9.47 Å². The van der Waals surface area contributed by atoms with Crippen molar-refractivity contribution in [2.45, 2.75) is 13.3 Å². The fourth-order valence-electron chi connectivity index (χ4n) is 1.17. The van der Waals surface area contributed by atoms with Crippen molar-refractivity contribution in [3.8, 4) is 11.5 Å². The smallest absolute Gasteiger partial charge is 0.493 e. The maximum atomic E-state index is 12.2. The number of hydrogen-bond acceptors (Lipinski definition) is 3. The molecule has 0 aliphatic rings. The van der Waals surface area contributed by atoms with Gasteiger partial charge in [0, 0.05) is 0 Å². The van der Waals surface area contributed by atoms with Crippen LogP contribution in [0.2, 0.25) is 0 Å². The zero-order valence-electron chi connectivity index (χ0n) is 8.68. The molecule has 17 heavy (non-hydrogen) atoms. The first-order valence-electron chi connectivity index (χ1n) is 4.55. The molecule has 0 saturated heterocycles. The Bertz CT molecular complexity index is 418. The van der Waals surface area contributed by atoms with E-state index in [-0.39, 0.29) is 28.7 Å². The summed E-state index contributed by atoms with van der Waals surface area (Å²) in [6, 6.07) is 2.71. The zero-order chi connectivity index (χ0) is 13.1. The van der Waals surface area contributed by atoms with Gasteiger partial charge >= 0.3 is 6.36 Å². The molecule has 0 bridgehead atoms. The number of rotatable bonds is 4. The van der Waals surface area contributed by atoms with Crippen LogP contribution in [0.4, 0.5) is 13.2 Å². The second-order valence-corrected chi connectivity index (χ2v) is 3.74. The van der Waals surface area contributed by atoms with Gasteiger partial charge in [-0.05, 0) is 35.0 Å². The van der Waals surface area contributed by atoms with Crippen molar-refractivity contribution in [3.63, 3.8) is 0 Å². The van der Waals surface area contributed by atoms with Gasteiger partial charge in [0.25, 0.3) is 0 Å². The van der Waals surface area contributed by atoms with Crippen LogP contribution in [0.3, 0.4) is 0 Å². The van der Waals surface area contributed by atoms with E-state index in [4.69, 9.17) is 4.74 Å². The first kappa shape index (κ1) is 13.8. The van der Waals surface area contributed by atoms with E-state index in [2.05, 4.69) is 20.7 Å². The van der Waals surface area contributed by atoms with E-state index in [0.29, 0.717) is 0 Å². The molecule has 1 aromatic carbocycles. The Labute approximate surface area is 104 Å². The van der Waals surface area contributed by atoms with E-state index in [1.165, 1.54) is 12.1 Å². The first-order valence-corrected chi connectivity index (χ1v) is 5.34. The molecule has 0 N–H and O–H groups in total. The lowest BCUT2D eigenvalue weighted by atomic mass is 10.2. The van der Waals surface area contributed by atoms with Crippen molar-refractivity contribution in [3.05, 3.63) is 22.2 Å². The van der Waals surface area contributed by atoms with Gasteiger partial charge in [-0.2, -0.15) is 0 Å². The highest BCUT2D eigenvalue weighted by molar-refractivity contribution is 9.10. The van der Waals surface area contributed by atoms with Gasteiger partial charge in [0.15, 0.2) is 12.0 Å². The minimum atomic E-state index is -4.87. The topological polar surface area (TPSA) is 35.5 Å². The summed E-state index contributed by atoms with van der Waals surface area (Å²) >= 11 is 2.89. The molecule has 0 radical (unpaired) electrons. The number of ether oxygens (including phenoxy) is 2. The normalized spacial score (nSPS) is 11.1. The van der Waals surface area contributed by atoms with Gasteiger partial charge in [-0.3, -0.25) is 4.79 Å².